The van der Waals surface area contributed by atoms with E-state index in [0.717, 1.165) is 47.3 Å². The molecule has 0 bridgehead atoms. The molecule has 2 aromatic rings. The van der Waals surface area contributed by atoms with Gasteiger partial charge in [-0.2, -0.15) is 0 Å². The summed E-state index contributed by atoms with van der Waals surface area (Å²) in [5.74, 6) is 0.103. The van der Waals surface area contributed by atoms with Gasteiger partial charge in [0.15, 0.2) is 0 Å². The molecule has 21 heavy (non-hydrogen) atoms. The number of carbonyl (C=O) groups excluding carboxylic acids is 2. The first-order valence-corrected chi connectivity index (χ1v) is 7.23. The summed E-state index contributed by atoms with van der Waals surface area (Å²) in [5, 5.41) is 3.30. The number of aryl methyl sites for hydroxylation is 1. The minimum atomic E-state index is -0.328. The molecule has 1 fully saturated rings. The lowest BCUT2D eigenvalue weighted by Gasteiger charge is -2.20. The largest absolute Gasteiger partial charge is 0.493 e. The lowest BCUT2D eigenvalue weighted by atomic mass is 9.90. The quantitative estimate of drug-likeness (QED) is 0.816. The first-order valence-electron chi connectivity index (χ1n) is 7.23. The average molecular weight is 285 g/mol. The minimum Gasteiger partial charge on any atom is -0.493 e. The number of amides is 2. The number of carbonyl (C=O) groups is 2. The van der Waals surface area contributed by atoms with E-state index in [-0.39, 0.29) is 17.7 Å². The van der Waals surface area contributed by atoms with Crippen LogP contribution < -0.4 is 10.1 Å². The smallest absolute Gasteiger partial charge is 0.234 e. The Bertz CT molecular complexity index is 746. The van der Waals surface area contributed by atoms with Gasteiger partial charge in [-0.05, 0) is 37.0 Å². The normalized spacial score (nSPS) is 21.8. The zero-order valence-electron chi connectivity index (χ0n) is 11.5. The molecule has 0 saturated carbocycles. The standard InChI is InChI=1S/C16H15NO4/c18-15-4-3-10(16(19)17-15)12-8-21-14-6-9-2-1-5-20-13(9)7-11(12)14/h6-8,10H,1-5H2,(H,17,18,19)/t10-/m0/s1. The molecule has 2 amide bonds. The molecule has 0 radical (unpaired) electrons. The van der Waals surface area contributed by atoms with E-state index >= 15 is 0 Å². The van der Waals surface area contributed by atoms with Crippen LogP contribution in [0.5, 0.6) is 5.75 Å². The summed E-state index contributed by atoms with van der Waals surface area (Å²) in [6.07, 6.45) is 4.52. The van der Waals surface area contributed by atoms with Crippen molar-refractivity contribution in [3.8, 4) is 5.75 Å². The Morgan fingerprint density at radius 3 is 2.95 bits per heavy atom. The number of benzene rings is 1. The molecule has 2 aliphatic rings. The molecule has 4 rings (SSSR count). The Hall–Kier alpha value is -2.30. The zero-order chi connectivity index (χ0) is 14.4. The van der Waals surface area contributed by atoms with Crippen molar-refractivity contribution in [3.63, 3.8) is 0 Å². The van der Waals surface area contributed by atoms with Crippen LogP contribution in [0.2, 0.25) is 0 Å². The number of imide groups is 1. The summed E-state index contributed by atoms with van der Waals surface area (Å²) in [6.45, 7) is 0.726. The molecule has 1 saturated heterocycles. The SMILES string of the molecule is O=C1CC[C@@H](c2coc3cc4c(cc23)OCCC4)C(=O)N1. The van der Waals surface area contributed by atoms with Gasteiger partial charge in [-0.3, -0.25) is 14.9 Å². The highest BCUT2D eigenvalue weighted by molar-refractivity contribution is 6.02. The summed E-state index contributed by atoms with van der Waals surface area (Å²) in [7, 11) is 0. The highest BCUT2D eigenvalue weighted by atomic mass is 16.5. The topological polar surface area (TPSA) is 68.5 Å². The number of nitrogens with one attached hydrogen (secondary N) is 1. The third kappa shape index (κ3) is 2.00. The summed E-state index contributed by atoms with van der Waals surface area (Å²) >= 11 is 0. The fraction of sp³-hybridized carbons (Fsp3) is 0.375. The molecule has 0 aliphatic carbocycles. The number of piperidine rings is 1. The number of hydrogen-bond acceptors (Lipinski definition) is 4. The fourth-order valence-corrected chi connectivity index (χ4v) is 3.15. The third-order valence-corrected chi connectivity index (χ3v) is 4.25. The van der Waals surface area contributed by atoms with E-state index < -0.39 is 0 Å². The van der Waals surface area contributed by atoms with Gasteiger partial charge in [-0.15, -0.1) is 0 Å². The Morgan fingerprint density at radius 2 is 2.10 bits per heavy atom. The molecule has 1 aromatic carbocycles. The van der Waals surface area contributed by atoms with E-state index in [2.05, 4.69) is 5.32 Å². The second-order valence-electron chi connectivity index (χ2n) is 5.60. The maximum absolute atomic E-state index is 12.0. The van der Waals surface area contributed by atoms with Crippen molar-refractivity contribution in [1.82, 2.24) is 5.32 Å². The predicted octanol–water partition coefficient (Wildman–Crippen LogP) is 2.28. The van der Waals surface area contributed by atoms with Crippen molar-refractivity contribution in [3.05, 3.63) is 29.5 Å². The van der Waals surface area contributed by atoms with Crippen LogP contribution in [0.4, 0.5) is 0 Å². The molecule has 108 valence electrons. The maximum Gasteiger partial charge on any atom is 0.234 e. The first kappa shape index (κ1) is 12.4. The molecule has 5 nitrogen and oxygen atoms in total. The highest BCUT2D eigenvalue weighted by Crippen LogP contribution is 2.37. The summed E-state index contributed by atoms with van der Waals surface area (Å²) < 4.78 is 11.3. The monoisotopic (exact) mass is 285 g/mol. The lowest BCUT2D eigenvalue weighted by Crippen LogP contribution is -2.39. The van der Waals surface area contributed by atoms with E-state index in [4.69, 9.17) is 9.15 Å². The molecule has 0 spiro atoms. The zero-order valence-corrected chi connectivity index (χ0v) is 11.5. The summed E-state index contributed by atoms with van der Waals surface area (Å²) in [5.41, 5.74) is 2.77. The molecule has 5 heteroatoms. The Labute approximate surface area is 121 Å². The van der Waals surface area contributed by atoms with Crippen molar-refractivity contribution in [1.29, 1.82) is 0 Å². The summed E-state index contributed by atoms with van der Waals surface area (Å²) in [4.78, 5) is 23.3. The van der Waals surface area contributed by atoms with Crippen molar-refractivity contribution in [2.45, 2.75) is 31.6 Å². The van der Waals surface area contributed by atoms with Crippen LogP contribution in [0.1, 0.15) is 36.3 Å². The van der Waals surface area contributed by atoms with Gasteiger partial charge in [-0.1, -0.05) is 0 Å². The van der Waals surface area contributed by atoms with Crippen molar-refractivity contribution in [2.75, 3.05) is 6.61 Å². The number of fused-ring (bicyclic) bond motifs is 2. The van der Waals surface area contributed by atoms with Crippen LogP contribution in [0.25, 0.3) is 11.0 Å². The van der Waals surface area contributed by atoms with Gasteiger partial charge in [0.05, 0.1) is 18.8 Å². The maximum atomic E-state index is 12.0. The molecular formula is C16H15NO4. The van der Waals surface area contributed by atoms with Gasteiger partial charge >= 0.3 is 0 Å². The minimum absolute atomic E-state index is 0.204. The van der Waals surface area contributed by atoms with Crippen LogP contribution in [-0.2, 0) is 16.0 Å². The molecule has 1 N–H and O–H groups in total. The van der Waals surface area contributed by atoms with Gasteiger partial charge in [0.25, 0.3) is 0 Å². The van der Waals surface area contributed by atoms with Crippen LogP contribution in [0.15, 0.2) is 22.8 Å². The second kappa shape index (κ2) is 4.62. The van der Waals surface area contributed by atoms with E-state index in [1.165, 1.54) is 0 Å². The molecule has 2 aliphatic heterocycles. The molecular weight excluding hydrogens is 270 g/mol. The first-order chi connectivity index (χ1) is 10.2. The van der Waals surface area contributed by atoms with Crippen molar-refractivity contribution in [2.24, 2.45) is 0 Å². The van der Waals surface area contributed by atoms with E-state index in [1.54, 1.807) is 6.26 Å². The van der Waals surface area contributed by atoms with Gasteiger partial charge in [0.2, 0.25) is 11.8 Å². The number of rotatable bonds is 1. The molecule has 3 heterocycles. The molecule has 0 unspecified atom stereocenters. The highest BCUT2D eigenvalue weighted by Gasteiger charge is 2.30. The van der Waals surface area contributed by atoms with Gasteiger partial charge in [-0.25, -0.2) is 0 Å². The van der Waals surface area contributed by atoms with E-state index in [0.29, 0.717) is 12.8 Å². The Morgan fingerprint density at radius 1 is 1.19 bits per heavy atom. The van der Waals surface area contributed by atoms with Crippen LogP contribution in [0.3, 0.4) is 0 Å². The fourth-order valence-electron chi connectivity index (χ4n) is 3.15. The van der Waals surface area contributed by atoms with Crippen LogP contribution in [-0.4, -0.2) is 18.4 Å². The van der Waals surface area contributed by atoms with Crippen LogP contribution in [0, 0.1) is 0 Å². The Balaban J connectivity index is 1.79. The van der Waals surface area contributed by atoms with Gasteiger partial charge in [0, 0.05) is 17.4 Å². The average Bonchev–Trinajstić information content (AvgIpc) is 2.88. The lowest BCUT2D eigenvalue weighted by molar-refractivity contribution is -0.134. The molecule has 1 atom stereocenters. The van der Waals surface area contributed by atoms with E-state index in [9.17, 15) is 9.59 Å². The number of ether oxygens (including phenoxy) is 1. The second-order valence-corrected chi connectivity index (χ2v) is 5.60. The van der Waals surface area contributed by atoms with Crippen LogP contribution >= 0.6 is 0 Å². The third-order valence-electron chi connectivity index (χ3n) is 4.25. The van der Waals surface area contributed by atoms with Gasteiger partial charge in [0.1, 0.15) is 11.3 Å². The van der Waals surface area contributed by atoms with Crippen molar-refractivity contribution < 1.29 is 18.7 Å². The predicted molar refractivity (Wildman–Crippen MR) is 75.2 cm³/mol. The molecule has 1 aromatic heterocycles. The number of hydrogen-bond donors (Lipinski definition) is 1. The van der Waals surface area contributed by atoms with Gasteiger partial charge < -0.3 is 9.15 Å². The Kier molecular flexibility index (Phi) is 2.74. The number of furan rings is 1. The summed E-state index contributed by atoms with van der Waals surface area (Å²) in [6, 6.07) is 3.96. The van der Waals surface area contributed by atoms with E-state index in [1.807, 2.05) is 12.1 Å². The van der Waals surface area contributed by atoms with Crippen molar-refractivity contribution >= 4 is 22.8 Å².